The molecule has 2 aromatic rings. The van der Waals surface area contributed by atoms with E-state index < -0.39 is 0 Å². The molecule has 1 fully saturated rings. The van der Waals surface area contributed by atoms with Crippen LogP contribution in [0.15, 0.2) is 42.6 Å². The van der Waals surface area contributed by atoms with Gasteiger partial charge in [0.15, 0.2) is 0 Å². The van der Waals surface area contributed by atoms with Gasteiger partial charge in [-0.25, -0.2) is 4.98 Å². The van der Waals surface area contributed by atoms with Crippen molar-refractivity contribution in [3.63, 3.8) is 0 Å². The molecule has 1 aromatic heterocycles. The predicted octanol–water partition coefficient (Wildman–Crippen LogP) is 2.01. The third kappa shape index (κ3) is 4.11. The Labute approximate surface area is 152 Å². The number of pyridine rings is 1. The first-order chi connectivity index (χ1) is 12.6. The zero-order valence-electron chi connectivity index (χ0n) is 14.9. The van der Waals surface area contributed by atoms with E-state index >= 15 is 0 Å². The van der Waals surface area contributed by atoms with Crippen LogP contribution in [0.5, 0.6) is 5.75 Å². The fourth-order valence-electron chi connectivity index (χ4n) is 2.84. The number of methoxy groups -OCH3 is 1. The van der Waals surface area contributed by atoms with Gasteiger partial charge in [-0.3, -0.25) is 9.59 Å². The second-order valence-electron chi connectivity index (χ2n) is 6.08. The van der Waals surface area contributed by atoms with Gasteiger partial charge in [0.25, 0.3) is 5.91 Å². The number of piperazine rings is 1. The number of ether oxygens (including phenoxy) is 1. The minimum atomic E-state index is -0.197. The molecule has 2 heterocycles. The molecule has 3 rings (SSSR count). The molecule has 0 unspecified atom stereocenters. The molecule has 7 heteroatoms. The first kappa shape index (κ1) is 17.7. The molecule has 1 aliphatic heterocycles. The van der Waals surface area contributed by atoms with Crippen LogP contribution in [0.4, 0.5) is 11.5 Å². The molecular formula is C19H22N4O3. The van der Waals surface area contributed by atoms with Crippen LogP contribution in [0.1, 0.15) is 17.3 Å². The van der Waals surface area contributed by atoms with Crippen molar-refractivity contribution >= 4 is 23.3 Å². The lowest BCUT2D eigenvalue weighted by molar-refractivity contribution is -0.129. The molecule has 0 atom stereocenters. The predicted molar refractivity (Wildman–Crippen MR) is 99.7 cm³/mol. The number of nitrogens with zero attached hydrogens (tertiary/aromatic N) is 3. The maximum absolute atomic E-state index is 12.3. The summed E-state index contributed by atoms with van der Waals surface area (Å²) in [5.74, 6) is 1.46. The Morgan fingerprint density at radius 1 is 1.04 bits per heavy atom. The van der Waals surface area contributed by atoms with E-state index in [1.165, 1.54) is 0 Å². The van der Waals surface area contributed by atoms with Crippen molar-refractivity contribution in [3.05, 3.63) is 48.2 Å². The molecule has 136 valence electrons. The van der Waals surface area contributed by atoms with Gasteiger partial charge < -0.3 is 19.9 Å². The molecule has 0 saturated carbocycles. The van der Waals surface area contributed by atoms with E-state index in [9.17, 15) is 9.59 Å². The van der Waals surface area contributed by atoms with Crippen molar-refractivity contribution in [3.8, 4) is 5.75 Å². The van der Waals surface area contributed by atoms with Crippen molar-refractivity contribution in [2.45, 2.75) is 6.92 Å². The molecule has 2 amide bonds. The number of nitrogens with one attached hydrogen (secondary N) is 1. The van der Waals surface area contributed by atoms with Crippen LogP contribution in [-0.4, -0.2) is 55.0 Å². The molecule has 1 saturated heterocycles. The first-order valence-electron chi connectivity index (χ1n) is 8.49. The van der Waals surface area contributed by atoms with Crippen LogP contribution in [0.25, 0.3) is 0 Å². The van der Waals surface area contributed by atoms with Gasteiger partial charge in [-0.05, 0) is 36.4 Å². The van der Waals surface area contributed by atoms with Crippen molar-refractivity contribution in [1.82, 2.24) is 9.88 Å². The van der Waals surface area contributed by atoms with Gasteiger partial charge in [0, 0.05) is 38.7 Å². The summed E-state index contributed by atoms with van der Waals surface area (Å²) in [6, 6.07) is 10.6. The first-order valence-corrected chi connectivity index (χ1v) is 8.49. The molecule has 0 aliphatic carbocycles. The van der Waals surface area contributed by atoms with E-state index in [0.717, 1.165) is 18.9 Å². The van der Waals surface area contributed by atoms with Crippen molar-refractivity contribution in [2.24, 2.45) is 0 Å². The van der Waals surface area contributed by atoms with Gasteiger partial charge in [-0.15, -0.1) is 0 Å². The Balaban J connectivity index is 1.59. The molecule has 0 bridgehead atoms. The summed E-state index contributed by atoms with van der Waals surface area (Å²) in [6.07, 6.45) is 1.65. The van der Waals surface area contributed by atoms with Crippen LogP contribution >= 0.6 is 0 Å². The van der Waals surface area contributed by atoms with Crippen molar-refractivity contribution < 1.29 is 14.3 Å². The second kappa shape index (κ2) is 7.86. The molecule has 0 radical (unpaired) electrons. The molecule has 1 aliphatic rings. The lowest BCUT2D eigenvalue weighted by Gasteiger charge is -2.34. The van der Waals surface area contributed by atoms with E-state index in [0.29, 0.717) is 30.1 Å². The molecule has 7 nitrogen and oxygen atoms in total. The number of aromatic nitrogens is 1. The average Bonchev–Trinajstić information content (AvgIpc) is 2.68. The van der Waals surface area contributed by atoms with Gasteiger partial charge >= 0.3 is 0 Å². The normalized spacial score (nSPS) is 14.1. The highest BCUT2D eigenvalue weighted by Crippen LogP contribution is 2.17. The number of hydrogen-bond donors (Lipinski definition) is 1. The Morgan fingerprint density at radius 2 is 1.73 bits per heavy atom. The van der Waals surface area contributed by atoms with Crippen molar-refractivity contribution in [1.29, 1.82) is 0 Å². The molecule has 0 spiro atoms. The van der Waals surface area contributed by atoms with Crippen LogP contribution in [0.2, 0.25) is 0 Å². The summed E-state index contributed by atoms with van der Waals surface area (Å²) in [5, 5.41) is 2.83. The SMILES string of the molecule is COc1ccc(C(=O)Nc2ccc(N3CCN(C(C)=O)CC3)nc2)cc1. The van der Waals surface area contributed by atoms with E-state index in [2.05, 4.69) is 15.2 Å². The second-order valence-corrected chi connectivity index (χ2v) is 6.08. The fourth-order valence-corrected chi connectivity index (χ4v) is 2.84. The summed E-state index contributed by atoms with van der Waals surface area (Å²) >= 11 is 0. The van der Waals surface area contributed by atoms with E-state index in [1.54, 1.807) is 44.5 Å². The van der Waals surface area contributed by atoms with Crippen molar-refractivity contribution in [2.75, 3.05) is 43.5 Å². The Morgan fingerprint density at radius 3 is 2.27 bits per heavy atom. The maximum atomic E-state index is 12.3. The molecule has 1 aromatic carbocycles. The van der Waals surface area contributed by atoms with Gasteiger partial charge in [0.2, 0.25) is 5.91 Å². The molecule has 1 N–H and O–H groups in total. The van der Waals surface area contributed by atoms with Gasteiger partial charge in [0.05, 0.1) is 19.0 Å². The third-order valence-corrected chi connectivity index (χ3v) is 4.41. The summed E-state index contributed by atoms with van der Waals surface area (Å²) < 4.78 is 5.09. The fraction of sp³-hybridized carbons (Fsp3) is 0.316. The topological polar surface area (TPSA) is 74.8 Å². The van der Waals surface area contributed by atoms with Crippen LogP contribution in [0.3, 0.4) is 0 Å². The Hall–Kier alpha value is -3.09. The number of carbonyl (C=O) groups excluding carboxylic acids is 2. The number of hydrogen-bond acceptors (Lipinski definition) is 5. The van der Waals surface area contributed by atoms with E-state index in [-0.39, 0.29) is 11.8 Å². The number of rotatable bonds is 4. The summed E-state index contributed by atoms with van der Waals surface area (Å²) in [5.41, 5.74) is 1.19. The average molecular weight is 354 g/mol. The van der Waals surface area contributed by atoms with E-state index in [1.807, 2.05) is 17.0 Å². The molecular weight excluding hydrogens is 332 g/mol. The largest absolute Gasteiger partial charge is 0.497 e. The Bertz CT molecular complexity index is 766. The lowest BCUT2D eigenvalue weighted by atomic mass is 10.2. The van der Waals surface area contributed by atoms with Crippen LogP contribution < -0.4 is 15.0 Å². The number of anilines is 2. The van der Waals surface area contributed by atoms with Crippen LogP contribution in [0, 0.1) is 0 Å². The maximum Gasteiger partial charge on any atom is 0.255 e. The number of carbonyl (C=O) groups is 2. The Kier molecular flexibility index (Phi) is 5.36. The zero-order valence-corrected chi connectivity index (χ0v) is 14.9. The monoisotopic (exact) mass is 354 g/mol. The highest BCUT2D eigenvalue weighted by atomic mass is 16.5. The summed E-state index contributed by atoms with van der Waals surface area (Å²) in [6.45, 7) is 4.50. The van der Waals surface area contributed by atoms with Gasteiger partial charge in [-0.1, -0.05) is 0 Å². The summed E-state index contributed by atoms with van der Waals surface area (Å²) in [7, 11) is 1.59. The quantitative estimate of drug-likeness (QED) is 0.909. The molecule has 26 heavy (non-hydrogen) atoms. The summed E-state index contributed by atoms with van der Waals surface area (Å²) in [4.78, 5) is 32.1. The number of benzene rings is 1. The minimum Gasteiger partial charge on any atom is -0.497 e. The van der Waals surface area contributed by atoms with Crippen LogP contribution in [-0.2, 0) is 4.79 Å². The van der Waals surface area contributed by atoms with Gasteiger partial charge in [-0.2, -0.15) is 0 Å². The minimum absolute atomic E-state index is 0.106. The zero-order chi connectivity index (χ0) is 18.5. The van der Waals surface area contributed by atoms with Gasteiger partial charge in [0.1, 0.15) is 11.6 Å². The highest BCUT2D eigenvalue weighted by Gasteiger charge is 2.19. The lowest BCUT2D eigenvalue weighted by Crippen LogP contribution is -2.48. The third-order valence-electron chi connectivity index (χ3n) is 4.41. The highest BCUT2D eigenvalue weighted by molar-refractivity contribution is 6.04. The number of amides is 2. The van der Waals surface area contributed by atoms with E-state index in [4.69, 9.17) is 4.74 Å². The smallest absolute Gasteiger partial charge is 0.255 e. The standard InChI is InChI=1S/C19H22N4O3/c1-14(24)22-9-11-23(12-10-22)18-8-5-16(13-20-18)21-19(25)15-3-6-17(26-2)7-4-15/h3-8,13H,9-12H2,1-2H3,(H,21,25).